The van der Waals surface area contributed by atoms with Crippen molar-refractivity contribution >= 4 is 28.7 Å². The van der Waals surface area contributed by atoms with E-state index in [0.29, 0.717) is 12.1 Å². The van der Waals surface area contributed by atoms with Crippen LogP contribution in [0.15, 0.2) is 23.3 Å². The molecule has 134 valence electrons. The third kappa shape index (κ3) is 3.73. The summed E-state index contributed by atoms with van der Waals surface area (Å²) in [4.78, 5) is 31.5. The van der Waals surface area contributed by atoms with Crippen LogP contribution in [0.4, 0.5) is 17.1 Å². The summed E-state index contributed by atoms with van der Waals surface area (Å²) in [6.07, 6.45) is 0.442. The number of nitrogens with one attached hydrogen (secondary N) is 1. The summed E-state index contributed by atoms with van der Waals surface area (Å²) in [5.41, 5.74) is 2.00. The summed E-state index contributed by atoms with van der Waals surface area (Å²) in [5, 5.41) is 35.0. The van der Waals surface area contributed by atoms with E-state index >= 15 is 0 Å². The Morgan fingerprint density at radius 3 is 2.44 bits per heavy atom. The fourth-order valence-electron chi connectivity index (χ4n) is 3.01. The van der Waals surface area contributed by atoms with Crippen LogP contribution in [0.25, 0.3) is 0 Å². The monoisotopic (exact) mass is 350 g/mol. The van der Waals surface area contributed by atoms with Gasteiger partial charge in [0.1, 0.15) is 5.69 Å². The number of nitro benzene ring substituents is 2. The first kappa shape index (κ1) is 18.3. The van der Waals surface area contributed by atoms with Gasteiger partial charge in [0, 0.05) is 11.8 Å². The van der Waals surface area contributed by atoms with Crippen molar-refractivity contribution in [2.45, 2.75) is 27.2 Å². The Kier molecular flexibility index (Phi) is 4.73. The van der Waals surface area contributed by atoms with E-state index in [1.807, 2.05) is 13.8 Å². The molecule has 0 radical (unpaired) electrons. The first-order valence-corrected chi connectivity index (χ1v) is 7.50. The summed E-state index contributed by atoms with van der Waals surface area (Å²) in [6, 6.07) is 3.22. The molecule has 0 saturated heterocycles. The standard InChI is InChI=1S/C15H18N4O6/c1-8(6-10-13(14(20)21)15(10,2)3)16-17-11-5-4-9(18(22)23)7-12(11)19(24)25/h4-5,7,10,13,17H,6H2,1-3H3,(H,20,21)/b16-8-/t10-,13+/m0/s1. The largest absolute Gasteiger partial charge is 0.481 e. The van der Waals surface area contributed by atoms with Gasteiger partial charge in [0.05, 0.1) is 21.8 Å². The second-order valence-electron chi connectivity index (χ2n) is 6.62. The minimum Gasteiger partial charge on any atom is -0.481 e. The molecule has 10 heteroatoms. The normalized spacial score (nSPS) is 21.5. The average molecular weight is 350 g/mol. The van der Waals surface area contributed by atoms with Crippen LogP contribution in [0.1, 0.15) is 27.2 Å². The first-order valence-electron chi connectivity index (χ1n) is 7.50. The maximum absolute atomic E-state index is 11.2. The highest BCUT2D eigenvalue weighted by Crippen LogP contribution is 2.60. The van der Waals surface area contributed by atoms with E-state index in [0.717, 1.165) is 12.1 Å². The molecule has 1 saturated carbocycles. The third-order valence-corrected chi connectivity index (χ3v) is 4.59. The lowest BCUT2D eigenvalue weighted by Gasteiger charge is -2.05. The van der Waals surface area contributed by atoms with Gasteiger partial charge in [-0.15, -0.1) is 0 Å². The van der Waals surface area contributed by atoms with Gasteiger partial charge in [0.2, 0.25) is 0 Å². The van der Waals surface area contributed by atoms with E-state index in [4.69, 9.17) is 5.11 Å². The summed E-state index contributed by atoms with van der Waals surface area (Å²) in [6.45, 7) is 5.44. The van der Waals surface area contributed by atoms with Crippen LogP contribution >= 0.6 is 0 Å². The number of non-ortho nitro benzene ring substituents is 1. The first-order chi connectivity index (χ1) is 11.6. The second kappa shape index (κ2) is 6.46. The molecular weight excluding hydrogens is 332 g/mol. The predicted octanol–water partition coefficient (Wildman–Crippen LogP) is 3.04. The summed E-state index contributed by atoms with van der Waals surface area (Å²) in [5.74, 6) is -1.34. The lowest BCUT2D eigenvalue weighted by atomic mass is 10.1. The van der Waals surface area contributed by atoms with E-state index in [1.54, 1.807) is 6.92 Å². The topological polar surface area (TPSA) is 148 Å². The Balaban J connectivity index is 2.12. The Morgan fingerprint density at radius 1 is 1.32 bits per heavy atom. The van der Waals surface area contributed by atoms with Crippen molar-refractivity contribution < 1.29 is 19.7 Å². The zero-order chi connectivity index (χ0) is 18.9. The zero-order valence-corrected chi connectivity index (χ0v) is 13.9. The van der Waals surface area contributed by atoms with Crippen molar-refractivity contribution in [1.82, 2.24) is 0 Å². The van der Waals surface area contributed by atoms with Gasteiger partial charge in [-0.1, -0.05) is 13.8 Å². The number of carboxylic acids is 1. The number of nitrogens with zero attached hydrogens (tertiary/aromatic N) is 3. The molecular formula is C15H18N4O6. The molecule has 0 bridgehead atoms. The van der Waals surface area contributed by atoms with Crippen molar-refractivity contribution in [3.63, 3.8) is 0 Å². The van der Waals surface area contributed by atoms with Crippen LogP contribution in [-0.4, -0.2) is 26.6 Å². The maximum atomic E-state index is 11.2. The van der Waals surface area contributed by atoms with Crippen LogP contribution in [0.3, 0.4) is 0 Å². The number of anilines is 1. The molecule has 2 atom stereocenters. The lowest BCUT2D eigenvalue weighted by Crippen LogP contribution is -2.05. The van der Waals surface area contributed by atoms with E-state index in [9.17, 15) is 25.0 Å². The molecule has 2 rings (SSSR count). The second-order valence-corrected chi connectivity index (χ2v) is 6.62. The molecule has 0 aromatic heterocycles. The van der Waals surface area contributed by atoms with Crippen LogP contribution in [0, 0.1) is 37.5 Å². The molecule has 0 unspecified atom stereocenters. The molecule has 2 N–H and O–H groups in total. The van der Waals surface area contributed by atoms with Crippen LogP contribution in [0.2, 0.25) is 0 Å². The van der Waals surface area contributed by atoms with Crippen molar-refractivity contribution in [3.8, 4) is 0 Å². The van der Waals surface area contributed by atoms with Crippen LogP contribution < -0.4 is 5.43 Å². The molecule has 0 heterocycles. The van der Waals surface area contributed by atoms with Crippen molar-refractivity contribution in [3.05, 3.63) is 38.4 Å². The molecule has 25 heavy (non-hydrogen) atoms. The number of carboxylic acid groups (broad SMARTS) is 1. The van der Waals surface area contributed by atoms with Crippen LogP contribution in [0.5, 0.6) is 0 Å². The fourth-order valence-corrected chi connectivity index (χ4v) is 3.01. The number of hydrogen-bond donors (Lipinski definition) is 2. The summed E-state index contributed by atoms with van der Waals surface area (Å²) < 4.78 is 0. The summed E-state index contributed by atoms with van der Waals surface area (Å²) in [7, 11) is 0. The quantitative estimate of drug-likeness (QED) is 0.436. The van der Waals surface area contributed by atoms with Crippen molar-refractivity contribution in [2.24, 2.45) is 22.4 Å². The molecule has 0 amide bonds. The van der Waals surface area contributed by atoms with Crippen molar-refractivity contribution in [1.29, 1.82) is 0 Å². The van der Waals surface area contributed by atoms with Crippen LogP contribution in [-0.2, 0) is 4.79 Å². The Labute approximate surface area is 142 Å². The van der Waals surface area contributed by atoms with Gasteiger partial charge in [-0.25, -0.2) is 0 Å². The van der Waals surface area contributed by atoms with Crippen molar-refractivity contribution in [2.75, 3.05) is 5.43 Å². The highest BCUT2D eigenvalue weighted by atomic mass is 16.6. The Morgan fingerprint density at radius 2 is 1.96 bits per heavy atom. The SMILES string of the molecule is C/C(C[C@H]1[C@H](C(=O)O)C1(C)C)=N/Nc1ccc([N+](=O)[O-])cc1[N+](=O)[O-]. The fraction of sp³-hybridized carbons (Fsp3) is 0.467. The molecule has 1 aromatic carbocycles. The Hall–Kier alpha value is -3.04. The number of aliphatic carboxylic acids is 1. The van der Waals surface area contributed by atoms with Gasteiger partial charge < -0.3 is 5.11 Å². The number of nitro groups is 2. The molecule has 1 fully saturated rings. The van der Waals surface area contributed by atoms with E-state index in [-0.39, 0.29) is 22.7 Å². The van der Waals surface area contributed by atoms with Gasteiger partial charge in [0.25, 0.3) is 5.69 Å². The molecule has 10 nitrogen and oxygen atoms in total. The van der Waals surface area contributed by atoms with Gasteiger partial charge in [-0.2, -0.15) is 5.10 Å². The zero-order valence-electron chi connectivity index (χ0n) is 13.9. The van der Waals surface area contributed by atoms with E-state index in [2.05, 4.69) is 10.5 Å². The Bertz CT molecular complexity index is 773. The molecule has 1 aromatic rings. The maximum Gasteiger partial charge on any atom is 0.307 e. The number of hydrogen-bond acceptors (Lipinski definition) is 7. The van der Waals surface area contributed by atoms with Gasteiger partial charge in [-0.05, 0) is 30.7 Å². The molecule has 0 spiro atoms. The number of rotatable bonds is 7. The number of carbonyl (C=O) groups is 1. The molecule has 0 aliphatic heterocycles. The molecule has 1 aliphatic rings. The third-order valence-electron chi connectivity index (χ3n) is 4.59. The van der Waals surface area contributed by atoms with E-state index in [1.165, 1.54) is 6.07 Å². The minimum atomic E-state index is -0.846. The highest BCUT2D eigenvalue weighted by molar-refractivity contribution is 5.86. The smallest absolute Gasteiger partial charge is 0.307 e. The average Bonchev–Trinajstić information content (AvgIpc) is 3.05. The number of hydrazone groups is 1. The van der Waals surface area contributed by atoms with Gasteiger partial charge >= 0.3 is 11.7 Å². The predicted molar refractivity (Wildman–Crippen MR) is 89.5 cm³/mol. The van der Waals surface area contributed by atoms with Gasteiger partial charge in [0.15, 0.2) is 0 Å². The van der Waals surface area contributed by atoms with E-state index < -0.39 is 27.4 Å². The minimum absolute atomic E-state index is 0.0276. The summed E-state index contributed by atoms with van der Waals surface area (Å²) >= 11 is 0. The lowest BCUT2D eigenvalue weighted by molar-refractivity contribution is -0.393. The van der Waals surface area contributed by atoms with Gasteiger partial charge in [-0.3, -0.25) is 30.4 Å². The highest BCUT2D eigenvalue weighted by Gasteiger charge is 2.61. The number of benzene rings is 1. The molecule has 1 aliphatic carbocycles.